The third kappa shape index (κ3) is 8.29. The summed E-state index contributed by atoms with van der Waals surface area (Å²) < 4.78 is 88.0. The van der Waals surface area contributed by atoms with Crippen molar-refractivity contribution in [1.29, 1.82) is 0 Å². The molecule has 12 nitrogen and oxygen atoms in total. The molecule has 2 amide bonds. The van der Waals surface area contributed by atoms with Gasteiger partial charge < -0.3 is 30.7 Å². The highest BCUT2D eigenvalue weighted by atomic mass is 19.4. The Balaban J connectivity index is 1.50. The number of benzene rings is 2. The van der Waals surface area contributed by atoms with Crippen LogP contribution in [0.3, 0.4) is 0 Å². The molecule has 2 heterocycles. The second-order valence-corrected chi connectivity index (χ2v) is 9.40. The molecule has 0 saturated heterocycles. The highest BCUT2D eigenvalue weighted by Gasteiger charge is 2.33. The van der Waals surface area contributed by atoms with Crippen LogP contribution < -0.4 is 26.0 Å². The molecule has 0 fully saturated rings. The molecule has 4 rings (SSSR count). The zero-order valence-corrected chi connectivity index (χ0v) is 22.7. The van der Waals surface area contributed by atoms with Gasteiger partial charge in [-0.05, 0) is 35.9 Å². The van der Waals surface area contributed by atoms with Crippen LogP contribution in [0.4, 0.5) is 32.0 Å². The van der Waals surface area contributed by atoms with Gasteiger partial charge in [-0.1, -0.05) is 0 Å². The third-order valence-corrected chi connectivity index (χ3v) is 6.24. The van der Waals surface area contributed by atoms with Crippen molar-refractivity contribution in [3.8, 4) is 5.75 Å². The Bertz CT molecular complexity index is 1560. The Hall–Kier alpha value is -5.03. The van der Waals surface area contributed by atoms with Crippen molar-refractivity contribution in [2.75, 3.05) is 32.1 Å². The standard InChI is InChI=1S/C26H25F6N7O5/c1-43-22(41)7-18(12-2-14(26(30,31)32)6-16(3-12)44-24(28)29)37-21(40)11-33-23(42)13-4-19(17-10-36-39-20(17)5-13)38-25-34-8-15(27)9-35-25/h2-6,10,15,18,24H,7-9,11H2,1H3,(H,33,42)(H,36,39)(H,37,40)(H2,34,35,38)/t18-/m0/s1. The second-order valence-electron chi connectivity index (χ2n) is 9.40. The lowest BCUT2D eigenvalue weighted by Gasteiger charge is -2.21. The van der Waals surface area contributed by atoms with Gasteiger partial charge in [0.1, 0.15) is 11.9 Å². The van der Waals surface area contributed by atoms with Crippen LogP contribution in [0.5, 0.6) is 5.75 Å². The van der Waals surface area contributed by atoms with Crippen LogP contribution in [-0.4, -0.2) is 73.5 Å². The summed E-state index contributed by atoms with van der Waals surface area (Å²) in [5.74, 6) is -3.17. The van der Waals surface area contributed by atoms with Crippen LogP contribution in [0.25, 0.3) is 10.9 Å². The summed E-state index contributed by atoms with van der Waals surface area (Å²) in [7, 11) is 1.01. The normalized spacial score (nSPS) is 15.6. The van der Waals surface area contributed by atoms with E-state index in [4.69, 9.17) is 0 Å². The molecule has 0 radical (unpaired) electrons. The van der Waals surface area contributed by atoms with E-state index in [2.05, 4.69) is 45.9 Å². The molecule has 1 unspecified atom stereocenters. The number of hydrogen-bond donors (Lipinski definition) is 5. The Morgan fingerprint density at radius 2 is 1.91 bits per heavy atom. The number of H-pyrrole nitrogens is 1. The SMILES string of the molecule is COC(=O)C[C@H](NC(=O)CNC(=O)c1cc(NC2=NCC(F)CN2)c2cn[nH]c2c1)c1cc(OC(F)F)cc(C(F)(F)F)c1. The van der Waals surface area contributed by atoms with E-state index in [1.807, 2.05) is 0 Å². The zero-order chi connectivity index (χ0) is 32.0. The maximum absolute atomic E-state index is 13.5. The van der Waals surface area contributed by atoms with Crippen LogP contribution >= 0.6 is 0 Å². The van der Waals surface area contributed by atoms with Gasteiger partial charge in [-0.15, -0.1) is 0 Å². The van der Waals surface area contributed by atoms with Gasteiger partial charge in [-0.25, -0.2) is 9.38 Å². The van der Waals surface area contributed by atoms with Crippen LogP contribution in [0.1, 0.15) is 33.9 Å². The van der Waals surface area contributed by atoms with Crippen molar-refractivity contribution in [3.05, 3.63) is 53.2 Å². The number of carbonyl (C=O) groups excluding carboxylic acids is 3. The second kappa shape index (κ2) is 13.5. The van der Waals surface area contributed by atoms with Crippen molar-refractivity contribution in [1.82, 2.24) is 26.1 Å². The lowest BCUT2D eigenvalue weighted by atomic mass is 10.00. The molecule has 1 aromatic heterocycles. The first kappa shape index (κ1) is 31.9. The van der Waals surface area contributed by atoms with E-state index in [1.54, 1.807) is 0 Å². The van der Waals surface area contributed by atoms with Gasteiger partial charge in [0, 0.05) is 10.9 Å². The fraction of sp³-hybridized carbons (Fsp3) is 0.346. The van der Waals surface area contributed by atoms with Crippen molar-refractivity contribution in [2.24, 2.45) is 4.99 Å². The molecular formula is C26H25F6N7O5. The number of hydrogen-bond acceptors (Lipinski definition) is 9. The molecule has 3 aromatic rings. The van der Waals surface area contributed by atoms with Gasteiger partial charge in [-0.3, -0.25) is 19.5 Å². The number of halogens is 6. The van der Waals surface area contributed by atoms with Gasteiger partial charge >= 0.3 is 18.8 Å². The highest BCUT2D eigenvalue weighted by molar-refractivity contribution is 6.07. The number of rotatable bonds is 10. The van der Waals surface area contributed by atoms with E-state index < -0.39 is 67.1 Å². The Labute approximate surface area is 244 Å². The number of aromatic amines is 1. The Morgan fingerprint density at radius 1 is 1.14 bits per heavy atom. The molecule has 1 aliphatic heterocycles. The molecule has 236 valence electrons. The first-order valence-electron chi connectivity index (χ1n) is 12.8. The van der Waals surface area contributed by atoms with E-state index in [9.17, 15) is 40.7 Å². The predicted octanol–water partition coefficient (Wildman–Crippen LogP) is 3.04. The number of guanidine groups is 1. The van der Waals surface area contributed by atoms with E-state index in [-0.39, 0.29) is 30.2 Å². The van der Waals surface area contributed by atoms with Gasteiger partial charge in [0.25, 0.3) is 5.91 Å². The predicted molar refractivity (Wildman–Crippen MR) is 143 cm³/mol. The molecule has 18 heteroatoms. The third-order valence-electron chi connectivity index (χ3n) is 6.24. The molecule has 2 atom stereocenters. The number of amides is 2. The summed E-state index contributed by atoms with van der Waals surface area (Å²) in [6, 6.07) is 3.14. The average molecular weight is 630 g/mol. The van der Waals surface area contributed by atoms with Crippen LogP contribution in [0.2, 0.25) is 0 Å². The quantitative estimate of drug-likeness (QED) is 0.169. The molecule has 1 aliphatic rings. The van der Waals surface area contributed by atoms with Gasteiger partial charge in [-0.2, -0.15) is 27.1 Å². The summed E-state index contributed by atoms with van der Waals surface area (Å²) in [6.45, 7) is -4.15. The number of alkyl halides is 6. The molecule has 2 aromatic carbocycles. The Morgan fingerprint density at radius 3 is 2.57 bits per heavy atom. The number of aliphatic imine (C=N–C) groups is 1. The monoisotopic (exact) mass is 629 g/mol. The number of anilines is 1. The van der Waals surface area contributed by atoms with Crippen molar-refractivity contribution < 1.29 is 50.2 Å². The van der Waals surface area contributed by atoms with E-state index in [0.717, 1.165) is 13.2 Å². The molecule has 0 spiro atoms. The average Bonchev–Trinajstić information content (AvgIpc) is 3.45. The number of carbonyl (C=O) groups is 3. The maximum atomic E-state index is 13.5. The van der Waals surface area contributed by atoms with Gasteiger partial charge in [0.2, 0.25) is 5.91 Å². The zero-order valence-electron chi connectivity index (χ0n) is 22.7. The van der Waals surface area contributed by atoms with Crippen LogP contribution in [0, 0.1) is 0 Å². The number of aromatic nitrogens is 2. The van der Waals surface area contributed by atoms with Crippen LogP contribution in [0.15, 0.2) is 41.5 Å². The van der Waals surface area contributed by atoms with Crippen molar-refractivity contribution >= 4 is 40.3 Å². The molecular weight excluding hydrogens is 604 g/mol. The molecule has 0 saturated carbocycles. The van der Waals surface area contributed by atoms with Crippen molar-refractivity contribution in [2.45, 2.75) is 31.4 Å². The first-order valence-corrected chi connectivity index (χ1v) is 12.8. The number of nitrogens with one attached hydrogen (secondary N) is 5. The van der Waals surface area contributed by atoms with E-state index in [1.165, 1.54) is 18.3 Å². The number of ether oxygens (including phenoxy) is 2. The lowest BCUT2D eigenvalue weighted by Crippen LogP contribution is -2.41. The maximum Gasteiger partial charge on any atom is 0.416 e. The number of methoxy groups -OCH3 is 1. The molecule has 5 N–H and O–H groups in total. The van der Waals surface area contributed by atoms with E-state index >= 15 is 0 Å². The highest BCUT2D eigenvalue weighted by Crippen LogP contribution is 2.35. The topological polar surface area (TPSA) is 159 Å². The summed E-state index contributed by atoms with van der Waals surface area (Å²) in [5, 5.41) is 17.6. The minimum atomic E-state index is -4.97. The lowest BCUT2D eigenvalue weighted by molar-refractivity contribution is -0.141. The minimum absolute atomic E-state index is 0.0354. The smallest absolute Gasteiger partial charge is 0.416 e. The summed E-state index contributed by atoms with van der Waals surface area (Å²) in [5.41, 5.74) is -0.845. The Kier molecular flexibility index (Phi) is 9.80. The fourth-order valence-electron chi connectivity index (χ4n) is 4.18. The largest absolute Gasteiger partial charge is 0.469 e. The van der Waals surface area contributed by atoms with E-state index in [0.29, 0.717) is 28.7 Å². The minimum Gasteiger partial charge on any atom is -0.469 e. The summed E-state index contributed by atoms with van der Waals surface area (Å²) in [4.78, 5) is 41.7. The summed E-state index contributed by atoms with van der Waals surface area (Å²) in [6.07, 6.45) is -5.30. The van der Waals surface area contributed by atoms with Crippen LogP contribution in [-0.2, 0) is 20.5 Å². The van der Waals surface area contributed by atoms with Crippen molar-refractivity contribution in [3.63, 3.8) is 0 Å². The molecule has 44 heavy (non-hydrogen) atoms. The van der Waals surface area contributed by atoms with Gasteiger partial charge in [0.05, 0.1) is 62.2 Å². The molecule has 0 bridgehead atoms. The first-order chi connectivity index (χ1) is 20.8. The number of nitrogens with zero attached hydrogens (tertiary/aromatic N) is 2. The van der Waals surface area contributed by atoms with Gasteiger partial charge in [0.15, 0.2) is 5.96 Å². The summed E-state index contributed by atoms with van der Waals surface area (Å²) >= 11 is 0. The molecule has 0 aliphatic carbocycles. The number of esters is 1. The fourth-order valence-corrected chi connectivity index (χ4v) is 4.18. The number of fused-ring (bicyclic) bond motifs is 1.